The molecule has 0 N–H and O–H groups in total. The molecule has 1 aromatic carbocycles. The molecule has 0 aromatic heterocycles. The van der Waals surface area contributed by atoms with Crippen molar-refractivity contribution < 1.29 is 9.59 Å². The Balaban J connectivity index is 1.75. The summed E-state index contributed by atoms with van der Waals surface area (Å²) in [6.07, 6.45) is 5.47. The average Bonchev–Trinajstić information content (AvgIpc) is 2.71. The van der Waals surface area contributed by atoms with Crippen LogP contribution in [0.15, 0.2) is 18.2 Å². The molecule has 5 heteroatoms. The van der Waals surface area contributed by atoms with Crippen LogP contribution in [0.3, 0.4) is 0 Å². The Labute approximate surface area is 139 Å². The lowest BCUT2D eigenvalue weighted by atomic mass is 9.69. The van der Waals surface area contributed by atoms with Gasteiger partial charge in [0.1, 0.15) is 0 Å². The van der Waals surface area contributed by atoms with E-state index in [1.807, 2.05) is 0 Å². The molecule has 1 saturated heterocycles. The molecule has 4 fully saturated rings. The molecule has 3 aliphatic carbocycles. The van der Waals surface area contributed by atoms with E-state index in [2.05, 4.69) is 0 Å². The third-order valence-electron chi connectivity index (χ3n) is 5.63. The standard InChI is InChI=1S/C17H17Cl2NO2/c18-12-7-6-11(8-13(12)19)20-16(21)14-9-2-1-3-10(5-4-9)15(14)17(20)22/h6-10,14-15H,1-5H2/t9?,10?,14-,15+. The van der Waals surface area contributed by atoms with Crippen LogP contribution in [0.1, 0.15) is 32.1 Å². The summed E-state index contributed by atoms with van der Waals surface area (Å²) in [5.41, 5.74) is 0.553. The molecule has 1 aliphatic heterocycles. The number of hydrogen-bond acceptors (Lipinski definition) is 2. The summed E-state index contributed by atoms with van der Waals surface area (Å²) in [6, 6.07) is 4.96. The van der Waals surface area contributed by atoms with Crippen LogP contribution in [0.5, 0.6) is 0 Å². The van der Waals surface area contributed by atoms with Crippen molar-refractivity contribution in [3.05, 3.63) is 28.2 Å². The van der Waals surface area contributed by atoms with Crippen molar-refractivity contribution in [1.82, 2.24) is 0 Å². The van der Waals surface area contributed by atoms with Gasteiger partial charge in [-0.15, -0.1) is 0 Å². The fraction of sp³-hybridized carbons (Fsp3) is 0.529. The first kappa shape index (κ1) is 14.5. The predicted molar refractivity (Wildman–Crippen MR) is 86.0 cm³/mol. The first-order chi connectivity index (χ1) is 10.6. The van der Waals surface area contributed by atoms with Gasteiger partial charge in [-0.3, -0.25) is 9.59 Å². The van der Waals surface area contributed by atoms with E-state index in [0.717, 1.165) is 32.1 Å². The lowest BCUT2D eigenvalue weighted by Gasteiger charge is -2.32. The maximum Gasteiger partial charge on any atom is 0.237 e. The normalized spacial score (nSPS) is 34.0. The Kier molecular flexibility index (Phi) is 3.46. The maximum absolute atomic E-state index is 12.9. The summed E-state index contributed by atoms with van der Waals surface area (Å²) in [5, 5.41) is 0.800. The Hall–Kier alpha value is -1.06. The van der Waals surface area contributed by atoms with Gasteiger partial charge in [-0.1, -0.05) is 29.6 Å². The summed E-state index contributed by atoms with van der Waals surface area (Å²) in [5.74, 6) is 0.419. The van der Waals surface area contributed by atoms with Crippen molar-refractivity contribution in [2.24, 2.45) is 23.7 Å². The van der Waals surface area contributed by atoms with Crippen LogP contribution in [-0.4, -0.2) is 11.8 Å². The van der Waals surface area contributed by atoms with Crippen LogP contribution in [0, 0.1) is 23.7 Å². The molecule has 22 heavy (non-hydrogen) atoms. The van der Waals surface area contributed by atoms with Crippen molar-refractivity contribution in [2.75, 3.05) is 4.90 Å². The van der Waals surface area contributed by atoms with E-state index in [4.69, 9.17) is 23.2 Å². The number of fused-ring (bicyclic) bond motifs is 3. The summed E-state index contributed by atoms with van der Waals surface area (Å²) in [6.45, 7) is 0. The van der Waals surface area contributed by atoms with Gasteiger partial charge in [-0.05, 0) is 55.7 Å². The Morgan fingerprint density at radius 1 is 0.864 bits per heavy atom. The second-order valence-corrected chi connectivity index (χ2v) is 7.50. The Morgan fingerprint density at radius 2 is 1.45 bits per heavy atom. The molecule has 1 heterocycles. The minimum atomic E-state index is -0.122. The second-order valence-electron chi connectivity index (χ2n) is 6.69. The topological polar surface area (TPSA) is 37.4 Å². The fourth-order valence-corrected chi connectivity index (χ4v) is 4.95. The largest absolute Gasteiger partial charge is 0.274 e. The third kappa shape index (κ3) is 2.02. The number of nitrogens with zero attached hydrogens (tertiary/aromatic N) is 1. The van der Waals surface area contributed by atoms with Crippen molar-refractivity contribution in [2.45, 2.75) is 32.1 Å². The van der Waals surface area contributed by atoms with Gasteiger partial charge in [0.25, 0.3) is 0 Å². The van der Waals surface area contributed by atoms with Gasteiger partial charge in [-0.25, -0.2) is 4.90 Å². The van der Waals surface area contributed by atoms with Crippen LogP contribution in [-0.2, 0) is 9.59 Å². The summed E-state index contributed by atoms with van der Waals surface area (Å²) in [7, 11) is 0. The van der Waals surface area contributed by atoms with Gasteiger partial charge in [0, 0.05) is 0 Å². The highest BCUT2D eigenvalue weighted by atomic mass is 35.5. The number of rotatable bonds is 1. The van der Waals surface area contributed by atoms with Gasteiger partial charge in [0.15, 0.2) is 0 Å². The second kappa shape index (κ2) is 5.24. The number of carbonyl (C=O) groups excluding carboxylic acids is 2. The Morgan fingerprint density at radius 3 is 2.00 bits per heavy atom. The molecule has 1 aromatic rings. The van der Waals surface area contributed by atoms with Crippen molar-refractivity contribution in [3.8, 4) is 0 Å². The first-order valence-corrected chi connectivity index (χ1v) is 8.66. The molecular weight excluding hydrogens is 321 g/mol. The molecular formula is C17H17Cl2NO2. The zero-order valence-corrected chi connectivity index (χ0v) is 13.6. The lowest BCUT2D eigenvalue weighted by molar-refractivity contribution is -0.124. The van der Waals surface area contributed by atoms with Gasteiger partial charge in [-0.2, -0.15) is 0 Å². The summed E-state index contributed by atoms with van der Waals surface area (Å²) >= 11 is 12.0. The average molecular weight is 338 g/mol. The molecule has 0 radical (unpaired) electrons. The molecule has 3 nitrogen and oxygen atoms in total. The smallest absolute Gasteiger partial charge is 0.237 e. The van der Waals surface area contributed by atoms with E-state index in [-0.39, 0.29) is 23.7 Å². The molecule has 116 valence electrons. The van der Waals surface area contributed by atoms with E-state index in [1.165, 1.54) is 4.90 Å². The number of amides is 2. The molecule has 2 unspecified atom stereocenters. The number of benzene rings is 1. The first-order valence-electron chi connectivity index (χ1n) is 7.91. The molecule has 3 saturated carbocycles. The van der Waals surface area contributed by atoms with Gasteiger partial charge in [0.05, 0.1) is 27.6 Å². The molecule has 0 spiro atoms. The van der Waals surface area contributed by atoms with Crippen LogP contribution in [0.2, 0.25) is 10.0 Å². The van der Waals surface area contributed by atoms with Gasteiger partial charge < -0.3 is 0 Å². The van der Waals surface area contributed by atoms with Crippen LogP contribution >= 0.6 is 23.2 Å². The van der Waals surface area contributed by atoms with Crippen molar-refractivity contribution >= 4 is 40.7 Å². The lowest BCUT2D eigenvalue weighted by Crippen LogP contribution is -2.34. The van der Waals surface area contributed by atoms with E-state index in [0.29, 0.717) is 27.6 Å². The van der Waals surface area contributed by atoms with Gasteiger partial charge >= 0.3 is 0 Å². The molecule has 2 bridgehead atoms. The Bertz CT molecular complexity index is 626. The number of imide groups is 1. The SMILES string of the molecule is O=C1[C@@H]2C3CCCC(CC3)[C@@H]2C(=O)N1c1ccc(Cl)c(Cl)c1. The molecule has 4 aliphatic rings. The van der Waals surface area contributed by atoms with E-state index >= 15 is 0 Å². The number of hydrogen-bond donors (Lipinski definition) is 0. The van der Waals surface area contributed by atoms with Crippen LogP contribution in [0.4, 0.5) is 5.69 Å². The molecule has 2 amide bonds. The van der Waals surface area contributed by atoms with E-state index in [9.17, 15) is 9.59 Å². The summed E-state index contributed by atoms with van der Waals surface area (Å²) in [4.78, 5) is 27.2. The highest BCUT2D eigenvalue weighted by molar-refractivity contribution is 6.42. The maximum atomic E-state index is 12.9. The van der Waals surface area contributed by atoms with Crippen LogP contribution in [0.25, 0.3) is 0 Å². The van der Waals surface area contributed by atoms with E-state index in [1.54, 1.807) is 18.2 Å². The van der Waals surface area contributed by atoms with Crippen molar-refractivity contribution in [1.29, 1.82) is 0 Å². The van der Waals surface area contributed by atoms with Gasteiger partial charge in [0.2, 0.25) is 11.8 Å². The van der Waals surface area contributed by atoms with Crippen molar-refractivity contribution in [3.63, 3.8) is 0 Å². The predicted octanol–water partition coefficient (Wildman–Crippen LogP) is 4.31. The van der Waals surface area contributed by atoms with Crippen LogP contribution < -0.4 is 4.90 Å². The number of carbonyl (C=O) groups is 2. The van der Waals surface area contributed by atoms with E-state index < -0.39 is 0 Å². The minimum absolute atomic E-state index is 0.0370. The number of anilines is 1. The third-order valence-corrected chi connectivity index (χ3v) is 6.37. The highest BCUT2D eigenvalue weighted by Crippen LogP contribution is 2.51. The highest BCUT2D eigenvalue weighted by Gasteiger charge is 2.56. The minimum Gasteiger partial charge on any atom is -0.274 e. The number of halogens is 2. The fourth-order valence-electron chi connectivity index (χ4n) is 4.66. The zero-order chi connectivity index (χ0) is 15.4. The quantitative estimate of drug-likeness (QED) is 0.716. The monoisotopic (exact) mass is 337 g/mol. The summed E-state index contributed by atoms with van der Waals surface area (Å²) < 4.78 is 0. The molecule has 4 atom stereocenters. The molecule has 5 rings (SSSR count). The zero-order valence-electron chi connectivity index (χ0n) is 12.1.